The first-order chi connectivity index (χ1) is 10.0. The molecular weight excluding hydrogens is 256 g/mol. The summed E-state index contributed by atoms with van der Waals surface area (Å²) < 4.78 is 0. The van der Waals surface area contributed by atoms with E-state index in [1.54, 1.807) is 0 Å². The van der Waals surface area contributed by atoms with Gasteiger partial charge in [-0.25, -0.2) is 0 Å². The second-order valence-corrected chi connectivity index (χ2v) is 5.89. The molecule has 0 fully saturated rings. The first-order valence-electron chi connectivity index (χ1n) is 7.69. The molecule has 21 heavy (non-hydrogen) atoms. The molecule has 0 radical (unpaired) electrons. The molecule has 2 aromatic rings. The van der Waals surface area contributed by atoms with E-state index in [2.05, 4.69) is 75.2 Å². The van der Waals surface area contributed by atoms with E-state index in [-0.39, 0.29) is 6.04 Å². The van der Waals surface area contributed by atoms with Crippen LogP contribution >= 0.6 is 0 Å². The largest absolute Gasteiger partial charge is 0.344 e. The lowest BCUT2D eigenvalue weighted by molar-refractivity contribution is 0.737. The van der Waals surface area contributed by atoms with E-state index in [4.69, 9.17) is 5.73 Å². The minimum atomic E-state index is 0.168. The number of rotatable bonds is 5. The van der Waals surface area contributed by atoms with Crippen molar-refractivity contribution in [2.75, 3.05) is 11.9 Å². The van der Waals surface area contributed by atoms with Gasteiger partial charge >= 0.3 is 0 Å². The van der Waals surface area contributed by atoms with Crippen LogP contribution < -0.4 is 10.6 Å². The topological polar surface area (TPSA) is 29.3 Å². The summed E-state index contributed by atoms with van der Waals surface area (Å²) in [6, 6.07) is 15.5. The lowest BCUT2D eigenvalue weighted by Crippen LogP contribution is -2.20. The summed E-state index contributed by atoms with van der Waals surface area (Å²) in [6.45, 7) is 6.37. The Morgan fingerprint density at radius 1 is 1.10 bits per heavy atom. The quantitative estimate of drug-likeness (QED) is 0.890. The molecule has 2 rings (SSSR count). The number of hydrogen-bond donors (Lipinski definition) is 1. The number of aryl methyl sites for hydroxylation is 2. The lowest BCUT2D eigenvalue weighted by Gasteiger charge is -2.24. The molecule has 0 aliphatic rings. The summed E-state index contributed by atoms with van der Waals surface area (Å²) in [5.41, 5.74) is 12.4. The minimum Gasteiger partial charge on any atom is -0.344 e. The maximum Gasteiger partial charge on any atom is 0.0441 e. The third-order valence-electron chi connectivity index (χ3n) is 3.87. The molecule has 2 aromatic carbocycles. The van der Waals surface area contributed by atoms with Gasteiger partial charge in [0.2, 0.25) is 0 Å². The fourth-order valence-corrected chi connectivity index (χ4v) is 2.65. The number of anilines is 2. The molecule has 112 valence electrons. The van der Waals surface area contributed by atoms with Crippen molar-refractivity contribution in [3.05, 3.63) is 59.2 Å². The van der Waals surface area contributed by atoms with Crippen LogP contribution in [0.1, 0.15) is 30.5 Å². The van der Waals surface area contributed by atoms with Crippen LogP contribution in [0.15, 0.2) is 42.5 Å². The molecule has 2 nitrogen and oxygen atoms in total. The number of nitrogens with zero attached hydrogens (tertiary/aromatic N) is 1. The van der Waals surface area contributed by atoms with E-state index in [0.717, 1.165) is 12.8 Å². The molecule has 0 heterocycles. The van der Waals surface area contributed by atoms with Crippen LogP contribution in [0, 0.1) is 6.92 Å². The average molecular weight is 282 g/mol. The van der Waals surface area contributed by atoms with E-state index in [1.165, 1.54) is 28.1 Å². The van der Waals surface area contributed by atoms with Gasteiger partial charge in [-0.05, 0) is 56.0 Å². The summed E-state index contributed by atoms with van der Waals surface area (Å²) in [4.78, 5) is 2.25. The summed E-state index contributed by atoms with van der Waals surface area (Å²) in [6.07, 6.45) is 1.97. The summed E-state index contributed by atoms with van der Waals surface area (Å²) in [7, 11) is 2.12. The van der Waals surface area contributed by atoms with Crippen LogP contribution in [0.4, 0.5) is 11.4 Å². The summed E-state index contributed by atoms with van der Waals surface area (Å²) in [5.74, 6) is 0. The van der Waals surface area contributed by atoms with Gasteiger partial charge in [0.1, 0.15) is 0 Å². The normalized spacial score (nSPS) is 12.2. The van der Waals surface area contributed by atoms with Crippen LogP contribution in [0.3, 0.4) is 0 Å². The third kappa shape index (κ3) is 3.85. The minimum absolute atomic E-state index is 0.168. The average Bonchev–Trinajstić information content (AvgIpc) is 2.46. The highest BCUT2D eigenvalue weighted by Crippen LogP contribution is 2.29. The van der Waals surface area contributed by atoms with Crippen LogP contribution in [-0.4, -0.2) is 13.1 Å². The Bertz CT molecular complexity index is 585. The highest BCUT2D eigenvalue weighted by atomic mass is 15.1. The van der Waals surface area contributed by atoms with Gasteiger partial charge in [-0.2, -0.15) is 0 Å². The Morgan fingerprint density at radius 3 is 2.33 bits per heavy atom. The maximum atomic E-state index is 6.00. The van der Waals surface area contributed by atoms with Crippen molar-refractivity contribution in [2.24, 2.45) is 5.73 Å². The standard InChI is InChI=1S/C19H26N2/c1-5-16-7-9-18(10-8-16)21(4)19-11-6-14(2)12-17(19)13-15(3)20/h6-12,15H,5,13,20H2,1-4H3. The number of hydrogen-bond acceptors (Lipinski definition) is 2. The van der Waals surface area contributed by atoms with Crippen LogP contribution in [0.2, 0.25) is 0 Å². The van der Waals surface area contributed by atoms with Crippen molar-refractivity contribution < 1.29 is 0 Å². The summed E-state index contributed by atoms with van der Waals surface area (Å²) >= 11 is 0. The molecular formula is C19H26N2. The Hall–Kier alpha value is -1.80. The lowest BCUT2D eigenvalue weighted by atomic mass is 10.0. The fraction of sp³-hybridized carbons (Fsp3) is 0.368. The molecule has 0 saturated heterocycles. The summed E-state index contributed by atoms with van der Waals surface area (Å²) in [5, 5.41) is 0. The molecule has 0 saturated carbocycles. The molecule has 0 amide bonds. The monoisotopic (exact) mass is 282 g/mol. The zero-order valence-electron chi connectivity index (χ0n) is 13.6. The SMILES string of the molecule is CCc1ccc(N(C)c2ccc(C)cc2CC(C)N)cc1. The predicted molar refractivity (Wildman–Crippen MR) is 92.4 cm³/mol. The highest BCUT2D eigenvalue weighted by Gasteiger charge is 2.11. The third-order valence-corrected chi connectivity index (χ3v) is 3.87. The molecule has 0 bridgehead atoms. The predicted octanol–water partition coefficient (Wildman–Crippen LogP) is 4.22. The van der Waals surface area contributed by atoms with Gasteiger partial charge in [-0.1, -0.05) is 36.8 Å². The van der Waals surface area contributed by atoms with Crippen LogP contribution in [0.5, 0.6) is 0 Å². The molecule has 0 spiro atoms. The van der Waals surface area contributed by atoms with Crippen molar-refractivity contribution in [1.29, 1.82) is 0 Å². The second-order valence-electron chi connectivity index (χ2n) is 5.89. The zero-order valence-corrected chi connectivity index (χ0v) is 13.6. The van der Waals surface area contributed by atoms with Gasteiger partial charge in [0.05, 0.1) is 0 Å². The van der Waals surface area contributed by atoms with Crippen LogP contribution in [0.25, 0.3) is 0 Å². The van der Waals surface area contributed by atoms with E-state index >= 15 is 0 Å². The molecule has 0 aliphatic heterocycles. The molecule has 1 atom stereocenters. The van der Waals surface area contributed by atoms with Crippen molar-refractivity contribution in [3.63, 3.8) is 0 Å². The van der Waals surface area contributed by atoms with Crippen molar-refractivity contribution >= 4 is 11.4 Å². The zero-order chi connectivity index (χ0) is 15.4. The maximum absolute atomic E-state index is 6.00. The first-order valence-corrected chi connectivity index (χ1v) is 7.69. The van der Waals surface area contributed by atoms with Crippen molar-refractivity contribution in [3.8, 4) is 0 Å². The van der Waals surface area contributed by atoms with Gasteiger partial charge in [0.25, 0.3) is 0 Å². The molecule has 2 heteroatoms. The highest BCUT2D eigenvalue weighted by molar-refractivity contribution is 5.66. The number of benzene rings is 2. The van der Waals surface area contributed by atoms with Gasteiger partial charge in [0, 0.05) is 24.5 Å². The Balaban J connectivity index is 2.34. The second kappa shape index (κ2) is 6.77. The van der Waals surface area contributed by atoms with Crippen LogP contribution in [-0.2, 0) is 12.8 Å². The number of nitrogens with two attached hydrogens (primary N) is 1. The Labute approximate surface area is 128 Å². The Morgan fingerprint density at radius 2 is 1.76 bits per heavy atom. The van der Waals surface area contributed by atoms with Crippen molar-refractivity contribution in [1.82, 2.24) is 0 Å². The molecule has 1 unspecified atom stereocenters. The van der Waals surface area contributed by atoms with Gasteiger partial charge in [-0.3, -0.25) is 0 Å². The van der Waals surface area contributed by atoms with Gasteiger partial charge in [0.15, 0.2) is 0 Å². The Kier molecular flexibility index (Phi) is 5.03. The van der Waals surface area contributed by atoms with E-state index < -0.39 is 0 Å². The van der Waals surface area contributed by atoms with E-state index in [0.29, 0.717) is 0 Å². The molecule has 0 aliphatic carbocycles. The van der Waals surface area contributed by atoms with Gasteiger partial charge in [-0.15, -0.1) is 0 Å². The van der Waals surface area contributed by atoms with E-state index in [9.17, 15) is 0 Å². The molecule has 0 aromatic heterocycles. The van der Waals surface area contributed by atoms with E-state index in [1.807, 2.05) is 0 Å². The fourth-order valence-electron chi connectivity index (χ4n) is 2.65. The molecule has 2 N–H and O–H groups in total. The smallest absolute Gasteiger partial charge is 0.0441 e. The van der Waals surface area contributed by atoms with Gasteiger partial charge < -0.3 is 10.6 Å². The first kappa shape index (κ1) is 15.6. The van der Waals surface area contributed by atoms with Crippen molar-refractivity contribution in [2.45, 2.75) is 39.7 Å².